The molecule has 0 aromatic heterocycles. The van der Waals surface area contributed by atoms with E-state index in [1.54, 1.807) is 0 Å². The molecule has 17 heavy (non-hydrogen) atoms. The molecule has 0 saturated heterocycles. The van der Waals surface area contributed by atoms with Gasteiger partial charge in [-0.1, -0.05) is 60.5 Å². The summed E-state index contributed by atoms with van der Waals surface area (Å²) in [6, 6.07) is 19.0. The molecule has 0 aliphatic heterocycles. The predicted molar refractivity (Wildman–Crippen MR) is 71.6 cm³/mol. The van der Waals surface area contributed by atoms with Gasteiger partial charge in [-0.2, -0.15) is 0 Å². The average molecular weight is 218 g/mol. The maximum atomic E-state index is 5.70. The lowest BCUT2D eigenvalue weighted by Crippen LogP contribution is -2.04. The van der Waals surface area contributed by atoms with Crippen LogP contribution >= 0.6 is 0 Å². The van der Waals surface area contributed by atoms with Gasteiger partial charge >= 0.3 is 0 Å². The first-order chi connectivity index (χ1) is 8.36. The van der Waals surface area contributed by atoms with Gasteiger partial charge in [0.15, 0.2) is 0 Å². The highest BCUT2D eigenvalue weighted by atomic mass is 14.4. The lowest BCUT2D eigenvalue weighted by atomic mass is 9.89. The van der Waals surface area contributed by atoms with Crippen molar-refractivity contribution in [1.29, 1.82) is 0 Å². The highest BCUT2D eigenvalue weighted by Gasteiger charge is 2.43. The van der Waals surface area contributed by atoms with Crippen LogP contribution in [0.4, 0.5) is 0 Å². The second-order valence-electron chi connectivity index (χ2n) is 4.64. The SMILES string of the molecule is C#CC1(c2ccccc2-c2ccccc2)CC1. The Kier molecular flexibility index (Phi) is 2.27. The summed E-state index contributed by atoms with van der Waals surface area (Å²) in [7, 11) is 0. The molecule has 0 amide bonds. The maximum Gasteiger partial charge on any atom is 0.0567 e. The second-order valence-corrected chi connectivity index (χ2v) is 4.64. The van der Waals surface area contributed by atoms with Gasteiger partial charge in [0.1, 0.15) is 0 Å². The normalized spacial score (nSPS) is 16.2. The Hall–Kier alpha value is -2.00. The van der Waals surface area contributed by atoms with Crippen LogP contribution in [-0.2, 0) is 5.41 Å². The van der Waals surface area contributed by atoms with Crippen LogP contribution in [0.15, 0.2) is 54.6 Å². The summed E-state index contributed by atoms with van der Waals surface area (Å²) in [4.78, 5) is 0. The molecule has 0 bridgehead atoms. The Morgan fingerprint density at radius 1 is 0.882 bits per heavy atom. The molecule has 0 N–H and O–H groups in total. The van der Waals surface area contributed by atoms with Gasteiger partial charge < -0.3 is 0 Å². The van der Waals surface area contributed by atoms with E-state index >= 15 is 0 Å². The summed E-state index contributed by atoms with van der Waals surface area (Å²) in [5.41, 5.74) is 3.86. The third kappa shape index (κ3) is 1.65. The maximum absolute atomic E-state index is 5.70. The molecule has 1 saturated carbocycles. The molecule has 1 aliphatic carbocycles. The van der Waals surface area contributed by atoms with Crippen LogP contribution in [0.1, 0.15) is 18.4 Å². The molecular formula is C17H14. The molecule has 1 fully saturated rings. The van der Waals surface area contributed by atoms with Crippen LogP contribution in [0.25, 0.3) is 11.1 Å². The molecule has 0 unspecified atom stereocenters. The van der Waals surface area contributed by atoms with Crippen molar-refractivity contribution >= 4 is 0 Å². The fourth-order valence-corrected chi connectivity index (χ4v) is 2.39. The molecule has 0 spiro atoms. The first-order valence-electron chi connectivity index (χ1n) is 5.98. The summed E-state index contributed by atoms with van der Waals surface area (Å²) < 4.78 is 0. The van der Waals surface area contributed by atoms with E-state index < -0.39 is 0 Å². The Labute approximate surface area is 102 Å². The van der Waals surface area contributed by atoms with Crippen molar-refractivity contribution in [3.63, 3.8) is 0 Å². The molecule has 2 aromatic rings. The zero-order chi connectivity index (χ0) is 11.7. The van der Waals surface area contributed by atoms with Crippen LogP contribution in [0.5, 0.6) is 0 Å². The van der Waals surface area contributed by atoms with Crippen LogP contribution < -0.4 is 0 Å². The molecule has 0 atom stereocenters. The molecule has 82 valence electrons. The quantitative estimate of drug-likeness (QED) is 0.668. The molecule has 1 aliphatic rings. The lowest BCUT2D eigenvalue weighted by molar-refractivity contribution is 0.934. The topological polar surface area (TPSA) is 0 Å². The number of hydrogen-bond acceptors (Lipinski definition) is 0. The van der Waals surface area contributed by atoms with E-state index in [1.165, 1.54) is 16.7 Å². The van der Waals surface area contributed by atoms with E-state index in [0.29, 0.717) is 0 Å². The summed E-state index contributed by atoms with van der Waals surface area (Å²) in [5.74, 6) is 2.98. The standard InChI is InChI=1S/C17H14/c1-2-17(12-13-17)16-11-7-6-10-15(16)14-8-4-3-5-9-14/h1,3-11H,12-13H2. The van der Waals surface area contributed by atoms with Crippen molar-refractivity contribution in [3.05, 3.63) is 60.2 Å². The minimum Gasteiger partial charge on any atom is -0.119 e. The first kappa shape index (κ1) is 10.2. The zero-order valence-electron chi connectivity index (χ0n) is 9.69. The van der Waals surface area contributed by atoms with E-state index in [-0.39, 0.29) is 5.41 Å². The fourth-order valence-electron chi connectivity index (χ4n) is 2.39. The van der Waals surface area contributed by atoms with Gasteiger partial charge in [0.2, 0.25) is 0 Å². The van der Waals surface area contributed by atoms with Gasteiger partial charge in [0, 0.05) is 0 Å². The number of hydrogen-bond donors (Lipinski definition) is 0. The Bertz CT molecular complexity index is 568. The van der Waals surface area contributed by atoms with Crippen LogP contribution in [0.2, 0.25) is 0 Å². The van der Waals surface area contributed by atoms with Gasteiger partial charge in [0.25, 0.3) is 0 Å². The van der Waals surface area contributed by atoms with Crippen molar-refractivity contribution in [1.82, 2.24) is 0 Å². The smallest absolute Gasteiger partial charge is 0.0567 e. The molecule has 0 heteroatoms. The van der Waals surface area contributed by atoms with Crippen molar-refractivity contribution in [2.75, 3.05) is 0 Å². The first-order valence-corrected chi connectivity index (χ1v) is 5.98. The summed E-state index contributed by atoms with van der Waals surface area (Å²) in [6.07, 6.45) is 7.93. The van der Waals surface area contributed by atoms with Gasteiger partial charge in [-0.25, -0.2) is 0 Å². The summed E-state index contributed by atoms with van der Waals surface area (Å²) >= 11 is 0. The molecule has 2 aromatic carbocycles. The predicted octanol–water partition coefficient (Wildman–Crippen LogP) is 4.02. The molecular weight excluding hydrogens is 204 g/mol. The molecule has 0 radical (unpaired) electrons. The summed E-state index contributed by atoms with van der Waals surface area (Å²) in [6.45, 7) is 0. The third-order valence-electron chi connectivity index (χ3n) is 3.55. The van der Waals surface area contributed by atoms with Gasteiger partial charge in [0.05, 0.1) is 5.41 Å². The Balaban J connectivity index is 2.16. The largest absolute Gasteiger partial charge is 0.119 e. The van der Waals surface area contributed by atoms with E-state index in [2.05, 4.69) is 54.5 Å². The van der Waals surface area contributed by atoms with E-state index in [1.807, 2.05) is 6.07 Å². The minimum absolute atomic E-state index is 0.00638. The number of terminal acetylenes is 1. The highest BCUT2D eigenvalue weighted by Crippen LogP contribution is 2.50. The van der Waals surface area contributed by atoms with Crippen LogP contribution in [0.3, 0.4) is 0 Å². The van der Waals surface area contributed by atoms with Crippen LogP contribution in [0, 0.1) is 12.3 Å². The number of benzene rings is 2. The van der Waals surface area contributed by atoms with E-state index in [0.717, 1.165) is 12.8 Å². The zero-order valence-corrected chi connectivity index (χ0v) is 9.69. The third-order valence-corrected chi connectivity index (χ3v) is 3.55. The average Bonchev–Trinajstić information content (AvgIpc) is 3.21. The van der Waals surface area contributed by atoms with Gasteiger partial charge in [-0.05, 0) is 29.5 Å². The lowest BCUT2D eigenvalue weighted by Gasteiger charge is -2.14. The van der Waals surface area contributed by atoms with Crippen molar-refractivity contribution < 1.29 is 0 Å². The molecule has 0 heterocycles. The molecule has 0 nitrogen and oxygen atoms in total. The van der Waals surface area contributed by atoms with Crippen molar-refractivity contribution in [2.24, 2.45) is 0 Å². The Morgan fingerprint density at radius 3 is 2.18 bits per heavy atom. The monoisotopic (exact) mass is 218 g/mol. The van der Waals surface area contributed by atoms with Crippen molar-refractivity contribution in [3.8, 4) is 23.5 Å². The van der Waals surface area contributed by atoms with Crippen molar-refractivity contribution in [2.45, 2.75) is 18.3 Å². The summed E-state index contributed by atoms with van der Waals surface area (Å²) in [5, 5.41) is 0. The molecule has 3 rings (SSSR count). The fraction of sp³-hybridized carbons (Fsp3) is 0.176. The second kappa shape index (κ2) is 3.79. The van der Waals surface area contributed by atoms with Gasteiger partial charge in [-0.15, -0.1) is 6.42 Å². The Morgan fingerprint density at radius 2 is 1.53 bits per heavy atom. The van der Waals surface area contributed by atoms with E-state index in [4.69, 9.17) is 6.42 Å². The van der Waals surface area contributed by atoms with Crippen LogP contribution in [-0.4, -0.2) is 0 Å². The van der Waals surface area contributed by atoms with E-state index in [9.17, 15) is 0 Å². The van der Waals surface area contributed by atoms with Gasteiger partial charge in [-0.3, -0.25) is 0 Å². The number of rotatable bonds is 2. The highest BCUT2D eigenvalue weighted by molar-refractivity contribution is 5.70. The minimum atomic E-state index is 0.00638.